The van der Waals surface area contributed by atoms with Gasteiger partial charge in [-0.3, -0.25) is 0 Å². The van der Waals surface area contributed by atoms with Crippen LogP contribution in [0, 0.1) is 0 Å². The molecule has 2 rings (SSSR count). The molecular weight excluding hydrogens is 236 g/mol. The molecule has 2 N–H and O–H groups in total. The molecule has 0 saturated heterocycles. The Hall–Kier alpha value is -2.16. The van der Waals surface area contributed by atoms with Gasteiger partial charge in [0.2, 0.25) is 0 Å². The summed E-state index contributed by atoms with van der Waals surface area (Å²) in [5, 5.41) is 0. The molecule has 100 valence electrons. The first kappa shape index (κ1) is 13.3. The first-order chi connectivity index (χ1) is 9.24. The Bertz CT molecular complexity index is 526. The van der Waals surface area contributed by atoms with Crippen molar-refractivity contribution >= 4 is 11.4 Å². The smallest absolute Gasteiger partial charge is 0.123 e. The Morgan fingerprint density at radius 1 is 1.11 bits per heavy atom. The van der Waals surface area contributed by atoms with Gasteiger partial charge >= 0.3 is 0 Å². The molecule has 0 aliphatic rings. The lowest BCUT2D eigenvalue weighted by atomic mass is 10.1. The Morgan fingerprint density at radius 3 is 2.47 bits per heavy atom. The summed E-state index contributed by atoms with van der Waals surface area (Å²) in [5.41, 5.74) is 8.94. The second kappa shape index (κ2) is 6.14. The number of hydrogen-bond donors (Lipinski definition) is 1. The molecule has 0 aliphatic heterocycles. The molecule has 19 heavy (non-hydrogen) atoms. The minimum absolute atomic E-state index is 0.764. The third kappa shape index (κ3) is 3.19. The average molecular weight is 256 g/mol. The summed E-state index contributed by atoms with van der Waals surface area (Å²) in [5.74, 6) is 0.878. The van der Waals surface area contributed by atoms with E-state index in [1.54, 1.807) is 7.11 Å². The molecule has 2 aromatic carbocycles. The number of anilines is 2. The molecule has 0 aromatic heterocycles. The molecule has 2 aromatic rings. The highest BCUT2D eigenvalue weighted by Gasteiger charge is 2.09. The van der Waals surface area contributed by atoms with Crippen LogP contribution >= 0.6 is 0 Å². The third-order valence-corrected chi connectivity index (χ3v) is 3.17. The lowest BCUT2D eigenvalue weighted by Gasteiger charge is -2.24. The number of nitrogens with two attached hydrogens (primary N) is 1. The van der Waals surface area contributed by atoms with Crippen LogP contribution in [0.3, 0.4) is 0 Å². The molecular formula is C16H20N2O. The van der Waals surface area contributed by atoms with Gasteiger partial charge < -0.3 is 15.4 Å². The van der Waals surface area contributed by atoms with Crippen molar-refractivity contribution in [3.63, 3.8) is 0 Å². The van der Waals surface area contributed by atoms with E-state index in [4.69, 9.17) is 10.5 Å². The first-order valence-corrected chi connectivity index (χ1v) is 6.47. The molecule has 0 atom stereocenters. The summed E-state index contributed by atoms with van der Waals surface area (Å²) in [6.45, 7) is 3.86. The minimum Gasteiger partial charge on any atom is -0.496 e. The molecule has 0 unspecified atom stereocenters. The van der Waals surface area contributed by atoms with Gasteiger partial charge in [-0.1, -0.05) is 18.2 Å². The van der Waals surface area contributed by atoms with Crippen molar-refractivity contribution < 1.29 is 4.74 Å². The number of nitrogen functional groups attached to an aromatic ring is 1. The Labute approximate surface area is 114 Å². The van der Waals surface area contributed by atoms with Crippen molar-refractivity contribution in [3.05, 3.63) is 54.1 Å². The number of nitrogens with zero attached hydrogens (tertiary/aromatic N) is 1. The van der Waals surface area contributed by atoms with Crippen molar-refractivity contribution in [2.75, 3.05) is 24.3 Å². The van der Waals surface area contributed by atoms with Crippen LogP contribution in [0.15, 0.2) is 48.5 Å². The first-order valence-electron chi connectivity index (χ1n) is 6.47. The lowest BCUT2D eigenvalue weighted by molar-refractivity contribution is 0.409. The van der Waals surface area contributed by atoms with Crippen LogP contribution in [0.5, 0.6) is 5.75 Å². The second-order valence-corrected chi connectivity index (χ2v) is 4.42. The Kier molecular flexibility index (Phi) is 4.29. The van der Waals surface area contributed by atoms with Crippen LogP contribution < -0.4 is 15.4 Å². The van der Waals surface area contributed by atoms with E-state index in [9.17, 15) is 0 Å². The third-order valence-electron chi connectivity index (χ3n) is 3.17. The van der Waals surface area contributed by atoms with Gasteiger partial charge in [0.25, 0.3) is 0 Å². The number of para-hydroxylation sites is 1. The summed E-state index contributed by atoms with van der Waals surface area (Å²) in [6.07, 6.45) is 0. The van der Waals surface area contributed by atoms with Crippen LogP contribution in [0.25, 0.3) is 0 Å². The normalized spacial score (nSPS) is 10.2. The summed E-state index contributed by atoms with van der Waals surface area (Å²) in [6, 6.07) is 16.1. The molecule has 3 nitrogen and oxygen atoms in total. The van der Waals surface area contributed by atoms with E-state index in [2.05, 4.69) is 36.1 Å². The molecule has 0 aliphatic carbocycles. The highest BCUT2D eigenvalue weighted by Crippen LogP contribution is 2.25. The van der Waals surface area contributed by atoms with Crippen molar-refractivity contribution in [1.82, 2.24) is 0 Å². The van der Waals surface area contributed by atoms with Crippen LogP contribution in [-0.2, 0) is 6.54 Å². The Balaban J connectivity index is 2.26. The molecule has 0 heterocycles. The summed E-state index contributed by atoms with van der Waals surface area (Å²) >= 11 is 0. The maximum absolute atomic E-state index is 5.86. The largest absolute Gasteiger partial charge is 0.496 e. The van der Waals surface area contributed by atoms with E-state index in [1.807, 2.05) is 24.3 Å². The maximum atomic E-state index is 5.86. The maximum Gasteiger partial charge on any atom is 0.123 e. The molecule has 0 spiro atoms. The second-order valence-electron chi connectivity index (χ2n) is 4.42. The summed E-state index contributed by atoms with van der Waals surface area (Å²) < 4.78 is 5.40. The summed E-state index contributed by atoms with van der Waals surface area (Å²) in [7, 11) is 1.69. The number of hydrogen-bond acceptors (Lipinski definition) is 3. The predicted octanol–water partition coefficient (Wildman–Crippen LogP) is 3.30. The highest BCUT2D eigenvalue weighted by molar-refractivity contribution is 5.52. The lowest BCUT2D eigenvalue weighted by Crippen LogP contribution is -2.22. The Morgan fingerprint density at radius 2 is 1.84 bits per heavy atom. The highest BCUT2D eigenvalue weighted by atomic mass is 16.5. The van der Waals surface area contributed by atoms with E-state index in [0.717, 1.165) is 30.1 Å². The quantitative estimate of drug-likeness (QED) is 0.834. The van der Waals surface area contributed by atoms with Gasteiger partial charge in [0, 0.05) is 30.0 Å². The fourth-order valence-electron chi connectivity index (χ4n) is 2.15. The number of ether oxygens (including phenoxy) is 1. The van der Waals surface area contributed by atoms with E-state index in [0.29, 0.717) is 0 Å². The minimum atomic E-state index is 0.764. The van der Waals surface area contributed by atoms with Gasteiger partial charge in [-0.25, -0.2) is 0 Å². The number of methoxy groups -OCH3 is 1. The van der Waals surface area contributed by atoms with Crippen molar-refractivity contribution in [3.8, 4) is 5.75 Å². The van der Waals surface area contributed by atoms with Gasteiger partial charge in [-0.05, 0) is 37.3 Å². The van der Waals surface area contributed by atoms with Gasteiger partial charge in [0.15, 0.2) is 0 Å². The molecule has 0 bridgehead atoms. The zero-order valence-corrected chi connectivity index (χ0v) is 11.5. The van der Waals surface area contributed by atoms with Crippen molar-refractivity contribution in [2.45, 2.75) is 13.5 Å². The van der Waals surface area contributed by atoms with Crippen LogP contribution in [0.4, 0.5) is 11.4 Å². The SMILES string of the molecule is CCN(Cc1cc(N)ccc1OC)c1ccccc1. The van der Waals surface area contributed by atoms with Crippen LogP contribution in [0.1, 0.15) is 12.5 Å². The molecule has 0 radical (unpaired) electrons. The van der Waals surface area contributed by atoms with Gasteiger partial charge in [0.1, 0.15) is 5.75 Å². The van der Waals surface area contributed by atoms with Gasteiger partial charge in [-0.15, -0.1) is 0 Å². The number of rotatable bonds is 5. The molecule has 0 saturated carbocycles. The van der Waals surface area contributed by atoms with Crippen LogP contribution in [-0.4, -0.2) is 13.7 Å². The summed E-state index contributed by atoms with van der Waals surface area (Å²) in [4.78, 5) is 2.29. The van der Waals surface area contributed by atoms with Crippen LogP contribution in [0.2, 0.25) is 0 Å². The fraction of sp³-hybridized carbons (Fsp3) is 0.250. The van der Waals surface area contributed by atoms with Gasteiger partial charge in [-0.2, -0.15) is 0 Å². The van der Waals surface area contributed by atoms with Crippen molar-refractivity contribution in [1.29, 1.82) is 0 Å². The average Bonchev–Trinajstić information content (AvgIpc) is 2.46. The standard InChI is InChI=1S/C16H20N2O/c1-3-18(15-7-5-4-6-8-15)12-13-11-14(17)9-10-16(13)19-2/h4-11H,3,12,17H2,1-2H3. The molecule has 3 heteroatoms. The van der Waals surface area contributed by atoms with E-state index in [-0.39, 0.29) is 0 Å². The molecule has 0 amide bonds. The monoisotopic (exact) mass is 256 g/mol. The number of benzene rings is 2. The van der Waals surface area contributed by atoms with E-state index < -0.39 is 0 Å². The zero-order chi connectivity index (χ0) is 13.7. The fourth-order valence-corrected chi connectivity index (χ4v) is 2.15. The predicted molar refractivity (Wildman–Crippen MR) is 80.6 cm³/mol. The van der Waals surface area contributed by atoms with Gasteiger partial charge in [0.05, 0.1) is 7.11 Å². The van der Waals surface area contributed by atoms with Crippen molar-refractivity contribution in [2.24, 2.45) is 0 Å². The topological polar surface area (TPSA) is 38.5 Å². The van der Waals surface area contributed by atoms with E-state index in [1.165, 1.54) is 5.69 Å². The molecule has 0 fully saturated rings. The zero-order valence-electron chi connectivity index (χ0n) is 11.5. The van der Waals surface area contributed by atoms with E-state index >= 15 is 0 Å².